The van der Waals surface area contributed by atoms with E-state index in [1.807, 2.05) is 6.92 Å². The molecule has 108 valence electrons. The lowest BCUT2D eigenvalue weighted by Gasteiger charge is -2.30. The SMILES string of the molecule is CCOC(c1noc(C2(C)CCNCC2)n1)C(C)C. The largest absolute Gasteiger partial charge is 0.370 e. The third-order valence-electron chi connectivity index (χ3n) is 3.87. The molecule has 1 aliphatic heterocycles. The Hall–Kier alpha value is -0.940. The average molecular weight is 267 g/mol. The molecule has 1 aliphatic rings. The molecule has 0 radical (unpaired) electrons. The molecular weight excluding hydrogens is 242 g/mol. The Balaban J connectivity index is 2.17. The van der Waals surface area contributed by atoms with Gasteiger partial charge < -0.3 is 14.6 Å². The van der Waals surface area contributed by atoms with Gasteiger partial charge in [0, 0.05) is 12.0 Å². The standard InChI is InChI=1S/C14H25N3O2/c1-5-18-11(10(2)3)12-16-13(19-17-12)14(4)6-8-15-9-7-14/h10-11,15H,5-9H2,1-4H3. The first-order valence-electron chi connectivity index (χ1n) is 7.23. The topological polar surface area (TPSA) is 60.2 Å². The second kappa shape index (κ2) is 6.01. The van der Waals surface area contributed by atoms with Crippen LogP contribution in [-0.4, -0.2) is 29.8 Å². The van der Waals surface area contributed by atoms with E-state index in [4.69, 9.17) is 9.26 Å². The van der Waals surface area contributed by atoms with Crippen molar-refractivity contribution in [2.75, 3.05) is 19.7 Å². The quantitative estimate of drug-likeness (QED) is 0.888. The highest BCUT2D eigenvalue weighted by Gasteiger charge is 2.35. The van der Waals surface area contributed by atoms with Crippen molar-refractivity contribution >= 4 is 0 Å². The Morgan fingerprint density at radius 3 is 2.63 bits per heavy atom. The number of hydrogen-bond acceptors (Lipinski definition) is 5. The third-order valence-corrected chi connectivity index (χ3v) is 3.87. The maximum atomic E-state index is 5.73. The number of aromatic nitrogens is 2. The van der Waals surface area contributed by atoms with Gasteiger partial charge in [-0.25, -0.2) is 0 Å². The number of piperidine rings is 1. The Bertz CT molecular complexity index is 397. The number of ether oxygens (including phenoxy) is 1. The molecule has 2 heterocycles. The van der Waals surface area contributed by atoms with Crippen LogP contribution in [0.5, 0.6) is 0 Å². The number of rotatable bonds is 5. The molecule has 19 heavy (non-hydrogen) atoms. The van der Waals surface area contributed by atoms with Crippen LogP contribution in [0.3, 0.4) is 0 Å². The molecule has 1 fully saturated rings. The zero-order chi connectivity index (χ0) is 13.9. The van der Waals surface area contributed by atoms with Gasteiger partial charge >= 0.3 is 0 Å². The lowest BCUT2D eigenvalue weighted by molar-refractivity contribution is 0.0217. The summed E-state index contributed by atoms with van der Waals surface area (Å²) in [7, 11) is 0. The van der Waals surface area contributed by atoms with E-state index in [0.29, 0.717) is 18.3 Å². The lowest BCUT2D eigenvalue weighted by atomic mass is 9.81. The molecule has 1 aromatic rings. The van der Waals surface area contributed by atoms with Gasteiger partial charge in [0.05, 0.1) is 0 Å². The van der Waals surface area contributed by atoms with Gasteiger partial charge in [-0.05, 0) is 38.8 Å². The summed E-state index contributed by atoms with van der Waals surface area (Å²) in [5.41, 5.74) is 0.00421. The minimum atomic E-state index is -0.0761. The molecule has 1 unspecified atom stereocenters. The average Bonchev–Trinajstić information content (AvgIpc) is 2.86. The summed E-state index contributed by atoms with van der Waals surface area (Å²) in [6.07, 6.45) is 2.00. The predicted octanol–water partition coefficient (Wildman–Crippen LogP) is 2.44. The van der Waals surface area contributed by atoms with Crippen molar-refractivity contribution in [2.24, 2.45) is 5.92 Å². The molecule has 2 rings (SSSR count). The summed E-state index contributed by atoms with van der Waals surface area (Å²) >= 11 is 0. The molecular formula is C14H25N3O2. The molecule has 0 bridgehead atoms. The molecule has 0 saturated carbocycles. The Morgan fingerprint density at radius 2 is 2.05 bits per heavy atom. The number of hydrogen-bond donors (Lipinski definition) is 1. The van der Waals surface area contributed by atoms with Crippen molar-refractivity contribution in [1.82, 2.24) is 15.5 Å². The fraction of sp³-hybridized carbons (Fsp3) is 0.857. The van der Waals surface area contributed by atoms with Gasteiger partial charge in [0.25, 0.3) is 0 Å². The minimum absolute atomic E-state index is 0.00421. The van der Waals surface area contributed by atoms with E-state index in [1.54, 1.807) is 0 Å². The normalized spacial score (nSPS) is 20.7. The Morgan fingerprint density at radius 1 is 1.37 bits per heavy atom. The van der Waals surface area contributed by atoms with Crippen LogP contribution < -0.4 is 5.32 Å². The molecule has 0 aromatic carbocycles. The van der Waals surface area contributed by atoms with E-state index in [0.717, 1.165) is 31.8 Å². The van der Waals surface area contributed by atoms with E-state index in [9.17, 15) is 0 Å². The Labute approximate surface area is 115 Å². The van der Waals surface area contributed by atoms with Crippen LogP contribution in [0.25, 0.3) is 0 Å². The smallest absolute Gasteiger partial charge is 0.232 e. The van der Waals surface area contributed by atoms with Gasteiger partial charge in [0.1, 0.15) is 6.10 Å². The summed E-state index contributed by atoms with van der Waals surface area (Å²) in [6, 6.07) is 0. The highest BCUT2D eigenvalue weighted by atomic mass is 16.5. The van der Waals surface area contributed by atoms with Crippen molar-refractivity contribution in [3.05, 3.63) is 11.7 Å². The van der Waals surface area contributed by atoms with Gasteiger partial charge in [-0.3, -0.25) is 0 Å². The van der Waals surface area contributed by atoms with Gasteiger partial charge in [-0.1, -0.05) is 25.9 Å². The molecule has 5 heteroatoms. The highest BCUT2D eigenvalue weighted by Crippen LogP contribution is 2.33. The maximum Gasteiger partial charge on any atom is 0.232 e. The van der Waals surface area contributed by atoms with Crippen LogP contribution in [0.4, 0.5) is 0 Å². The van der Waals surface area contributed by atoms with E-state index < -0.39 is 0 Å². The molecule has 1 N–H and O–H groups in total. The van der Waals surface area contributed by atoms with Crippen LogP contribution in [0.1, 0.15) is 58.4 Å². The first-order chi connectivity index (χ1) is 9.07. The molecule has 5 nitrogen and oxygen atoms in total. The first-order valence-corrected chi connectivity index (χ1v) is 7.23. The highest BCUT2D eigenvalue weighted by molar-refractivity contribution is 5.06. The molecule has 0 amide bonds. The molecule has 1 atom stereocenters. The lowest BCUT2D eigenvalue weighted by Crippen LogP contribution is -2.37. The van der Waals surface area contributed by atoms with Crippen molar-refractivity contribution in [2.45, 2.75) is 52.1 Å². The summed E-state index contributed by atoms with van der Waals surface area (Å²) in [6.45, 7) is 11.1. The number of nitrogens with one attached hydrogen (secondary N) is 1. The van der Waals surface area contributed by atoms with Crippen LogP contribution in [-0.2, 0) is 10.2 Å². The fourth-order valence-corrected chi connectivity index (χ4v) is 2.53. The van der Waals surface area contributed by atoms with Crippen LogP contribution >= 0.6 is 0 Å². The van der Waals surface area contributed by atoms with Crippen molar-refractivity contribution in [3.63, 3.8) is 0 Å². The molecule has 1 saturated heterocycles. The molecule has 1 aromatic heterocycles. The second-order valence-electron chi connectivity index (χ2n) is 5.89. The summed E-state index contributed by atoms with van der Waals surface area (Å²) in [5, 5.41) is 7.51. The van der Waals surface area contributed by atoms with E-state index in [1.165, 1.54) is 0 Å². The maximum absolute atomic E-state index is 5.73. The molecule has 0 aliphatic carbocycles. The van der Waals surface area contributed by atoms with Crippen molar-refractivity contribution < 1.29 is 9.26 Å². The van der Waals surface area contributed by atoms with E-state index in [-0.39, 0.29) is 11.5 Å². The van der Waals surface area contributed by atoms with Gasteiger partial charge in [0.2, 0.25) is 11.7 Å². The van der Waals surface area contributed by atoms with Crippen LogP contribution in [0, 0.1) is 5.92 Å². The van der Waals surface area contributed by atoms with Crippen molar-refractivity contribution in [3.8, 4) is 0 Å². The first kappa shape index (κ1) is 14.5. The molecule has 0 spiro atoms. The number of nitrogens with zero attached hydrogens (tertiary/aromatic N) is 2. The third kappa shape index (κ3) is 3.15. The van der Waals surface area contributed by atoms with Gasteiger partial charge in [-0.2, -0.15) is 4.98 Å². The second-order valence-corrected chi connectivity index (χ2v) is 5.89. The van der Waals surface area contributed by atoms with Crippen LogP contribution in [0.2, 0.25) is 0 Å². The van der Waals surface area contributed by atoms with Crippen molar-refractivity contribution in [1.29, 1.82) is 0 Å². The van der Waals surface area contributed by atoms with Gasteiger partial charge in [-0.15, -0.1) is 0 Å². The zero-order valence-corrected chi connectivity index (χ0v) is 12.4. The van der Waals surface area contributed by atoms with E-state index >= 15 is 0 Å². The van der Waals surface area contributed by atoms with Gasteiger partial charge in [0.15, 0.2) is 0 Å². The predicted molar refractivity (Wildman–Crippen MR) is 73.0 cm³/mol. The summed E-state index contributed by atoms with van der Waals surface area (Å²) in [5.74, 6) is 1.78. The minimum Gasteiger partial charge on any atom is -0.370 e. The monoisotopic (exact) mass is 267 g/mol. The van der Waals surface area contributed by atoms with Crippen LogP contribution in [0.15, 0.2) is 4.52 Å². The Kier molecular flexibility index (Phi) is 4.58. The fourth-order valence-electron chi connectivity index (χ4n) is 2.53. The van der Waals surface area contributed by atoms with E-state index in [2.05, 4.69) is 36.2 Å². The summed E-state index contributed by atoms with van der Waals surface area (Å²) in [4.78, 5) is 4.62. The zero-order valence-electron chi connectivity index (χ0n) is 12.4. The summed E-state index contributed by atoms with van der Waals surface area (Å²) < 4.78 is 11.2.